The highest BCUT2D eigenvalue weighted by molar-refractivity contribution is 5.95. The summed E-state index contributed by atoms with van der Waals surface area (Å²) in [5, 5.41) is 4.15. The van der Waals surface area contributed by atoms with Gasteiger partial charge in [0.15, 0.2) is 5.82 Å². The van der Waals surface area contributed by atoms with Crippen molar-refractivity contribution in [3.8, 4) is 22.6 Å². The summed E-state index contributed by atoms with van der Waals surface area (Å²) in [5.41, 5.74) is 2.97. The lowest BCUT2D eigenvalue weighted by Crippen LogP contribution is -2.47. The van der Waals surface area contributed by atoms with Crippen molar-refractivity contribution in [2.45, 2.75) is 57.9 Å². The van der Waals surface area contributed by atoms with E-state index < -0.39 is 11.6 Å². The van der Waals surface area contributed by atoms with Gasteiger partial charge in [0.05, 0.1) is 11.2 Å². The van der Waals surface area contributed by atoms with Gasteiger partial charge >= 0.3 is 0 Å². The molecule has 4 fully saturated rings. The number of anilines is 1. The lowest BCUT2D eigenvalue weighted by atomic mass is 9.62. The lowest BCUT2D eigenvalue weighted by molar-refractivity contribution is 0.0724. The highest BCUT2D eigenvalue weighted by Gasteiger charge is 2.41. The van der Waals surface area contributed by atoms with Crippen molar-refractivity contribution in [3.05, 3.63) is 65.9 Å². The number of aromatic amines is 1. The van der Waals surface area contributed by atoms with Gasteiger partial charge in [0.1, 0.15) is 17.5 Å². The molecule has 2 aromatic heterocycles. The summed E-state index contributed by atoms with van der Waals surface area (Å²) in [4.78, 5) is 27.6. The summed E-state index contributed by atoms with van der Waals surface area (Å²) >= 11 is 0. The standard InChI is InChI=1S/C33H35F2N5O/c1-19-20-5-9-22(10-6-20)30(19)38-29-17-28(21-7-11-23(12-8-21)33(41)40-13-3-2-4-14-40)37-32(39-29)26-18-36-31-25(26)15-24(34)16-27(31)35/h7-8,11-12,15-20,22,30,36H,2-6,9-10,13-14H2,1H3,(H,37,38,39). The van der Waals surface area contributed by atoms with E-state index in [1.165, 1.54) is 38.2 Å². The molecule has 3 heterocycles. The average molecular weight is 556 g/mol. The van der Waals surface area contributed by atoms with Gasteiger partial charge in [-0.2, -0.15) is 0 Å². The number of H-pyrrole nitrogens is 1. The van der Waals surface area contributed by atoms with Crippen LogP contribution in [-0.4, -0.2) is 44.9 Å². The molecule has 3 saturated carbocycles. The molecule has 1 amide bonds. The largest absolute Gasteiger partial charge is 0.367 e. The van der Waals surface area contributed by atoms with E-state index in [4.69, 9.17) is 9.97 Å². The molecule has 4 aliphatic rings. The van der Waals surface area contributed by atoms with Gasteiger partial charge in [0, 0.05) is 59.5 Å². The van der Waals surface area contributed by atoms with Gasteiger partial charge in [0.25, 0.3) is 5.91 Å². The molecule has 2 atom stereocenters. The van der Waals surface area contributed by atoms with Crippen LogP contribution in [0.5, 0.6) is 0 Å². The molecule has 6 nitrogen and oxygen atoms in total. The molecule has 8 heteroatoms. The summed E-state index contributed by atoms with van der Waals surface area (Å²) in [6.45, 7) is 3.94. The van der Waals surface area contributed by atoms with Gasteiger partial charge < -0.3 is 15.2 Å². The Morgan fingerprint density at radius 3 is 2.41 bits per heavy atom. The van der Waals surface area contributed by atoms with E-state index in [1.54, 1.807) is 6.20 Å². The number of carbonyl (C=O) groups is 1. The number of fused-ring (bicyclic) bond motifs is 4. The minimum Gasteiger partial charge on any atom is -0.367 e. The first-order valence-corrected chi connectivity index (χ1v) is 15.0. The van der Waals surface area contributed by atoms with Gasteiger partial charge in [-0.05, 0) is 80.9 Å². The number of nitrogens with one attached hydrogen (secondary N) is 2. The van der Waals surface area contributed by atoms with Crippen molar-refractivity contribution >= 4 is 22.6 Å². The third-order valence-corrected chi connectivity index (χ3v) is 9.69. The fourth-order valence-corrected chi connectivity index (χ4v) is 7.36. The number of amides is 1. The summed E-state index contributed by atoms with van der Waals surface area (Å²) in [7, 11) is 0. The van der Waals surface area contributed by atoms with Gasteiger partial charge in [-0.1, -0.05) is 19.1 Å². The Kier molecular flexibility index (Phi) is 6.72. The van der Waals surface area contributed by atoms with Crippen LogP contribution in [0.2, 0.25) is 0 Å². The molecule has 41 heavy (non-hydrogen) atoms. The van der Waals surface area contributed by atoms with Crippen LogP contribution in [0.25, 0.3) is 33.5 Å². The van der Waals surface area contributed by atoms with Gasteiger partial charge in [-0.15, -0.1) is 0 Å². The predicted octanol–water partition coefficient (Wildman–Crippen LogP) is 7.43. The predicted molar refractivity (Wildman–Crippen MR) is 156 cm³/mol. The summed E-state index contributed by atoms with van der Waals surface area (Å²) < 4.78 is 28.8. The van der Waals surface area contributed by atoms with Crippen molar-refractivity contribution < 1.29 is 13.6 Å². The van der Waals surface area contributed by atoms with Gasteiger partial charge in [-0.3, -0.25) is 4.79 Å². The number of carbonyl (C=O) groups excluding carboxylic acids is 1. The third-order valence-electron chi connectivity index (χ3n) is 9.69. The van der Waals surface area contributed by atoms with E-state index in [9.17, 15) is 13.6 Å². The molecular weight excluding hydrogens is 520 g/mol. The first-order chi connectivity index (χ1) is 19.9. The summed E-state index contributed by atoms with van der Waals surface area (Å²) in [6, 6.07) is 12.0. The van der Waals surface area contributed by atoms with Gasteiger partial charge in [-0.25, -0.2) is 18.7 Å². The second-order valence-electron chi connectivity index (χ2n) is 12.1. The van der Waals surface area contributed by atoms with Crippen LogP contribution >= 0.6 is 0 Å². The van der Waals surface area contributed by atoms with E-state index in [-0.39, 0.29) is 11.4 Å². The molecule has 2 unspecified atom stereocenters. The Bertz CT molecular complexity index is 1580. The van der Waals surface area contributed by atoms with Crippen molar-refractivity contribution in [3.63, 3.8) is 0 Å². The normalized spacial score (nSPS) is 24.1. The van der Waals surface area contributed by atoms with Crippen LogP contribution in [0, 0.1) is 29.4 Å². The fraction of sp³-hybridized carbons (Fsp3) is 0.424. The highest BCUT2D eigenvalue weighted by Crippen LogP contribution is 2.46. The van der Waals surface area contributed by atoms with Crippen LogP contribution in [0.3, 0.4) is 0 Å². The molecule has 2 bridgehead atoms. The SMILES string of the molecule is CC1C2CCC(CC2)C1Nc1cc(-c2ccc(C(=O)N3CCCCC3)cc2)nc(-c2c[nH]c3c(F)cc(F)cc23)n1. The van der Waals surface area contributed by atoms with Crippen LogP contribution in [0.4, 0.5) is 14.6 Å². The Morgan fingerprint density at radius 1 is 0.951 bits per heavy atom. The first-order valence-electron chi connectivity index (χ1n) is 15.0. The number of hydrogen-bond acceptors (Lipinski definition) is 4. The summed E-state index contributed by atoms with van der Waals surface area (Å²) in [6.07, 6.45) is 9.94. The van der Waals surface area contributed by atoms with Crippen molar-refractivity contribution in [1.82, 2.24) is 19.9 Å². The molecule has 1 aliphatic heterocycles. The molecule has 1 saturated heterocycles. The fourth-order valence-electron chi connectivity index (χ4n) is 7.36. The van der Waals surface area contributed by atoms with Crippen molar-refractivity contribution in [1.29, 1.82) is 0 Å². The number of nitrogens with zero attached hydrogens (tertiary/aromatic N) is 3. The number of aromatic nitrogens is 3. The quantitative estimate of drug-likeness (QED) is 0.269. The number of rotatable bonds is 5. The molecule has 212 valence electrons. The molecule has 4 aromatic rings. The first kappa shape index (κ1) is 26.1. The molecule has 2 aromatic carbocycles. The molecule has 0 radical (unpaired) electrons. The monoisotopic (exact) mass is 555 g/mol. The maximum atomic E-state index is 14.5. The second kappa shape index (κ2) is 10.5. The lowest BCUT2D eigenvalue weighted by Gasteiger charge is -2.47. The zero-order valence-electron chi connectivity index (χ0n) is 23.3. The maximum Gasteiger partial charge on any atom is 0.253 e. The molecular formula is C33H35F2N5O. The minimum atomic E-state index is -0.651. The molecule has 2 N–H and O–H groups in total. The molecule has 8 rings (SSSR count). The molecule has 0 spiro atoms. The number of halogens is 2. The number of likely N-dealkylation sites (tertiary alicyclic amines) is 1. The number of benzene rings is 2. The highest BCUT2D eigenvalue weighted by atomic mass is 19.1. The van der Waals surface area contributed by atoms with E-state index in [1.807, 2.05) is 35.2 Å². The minimum absolute atomic E-state index is 0.0613. The number of hydrogen-bond donors (Lipinski definition) is 2. The molecule has 3 aliphatic carbocycles. The Morgan fingerprint density at radius 2 is 1.68 bits per heavy atom. The Hall–Kier alpha value is -3.81. The average Bonchev–Trinajstić information content (AvgIpc) is 3.43. The zero-order chi connectivity index (χ0) is 28.1. The van der Waals surface area contributed by atoms with E-state index >= 15 is 0 Å². The topological polar surface area (TPSA) is 73.9 Å². The zero-order valence-corrected chi connectivity index (χ0v) is 23.3. The van der Waals surface area contributed by atoms with E-state index in [0.29, 0.717) is 51.7 Å². The van der Waals surface area contributed by atoms with Crippen LogP contribution in [0.1, 0.15) is 62.2 Å². The Labute approximate surface area is 238 Å². The second-order valence-corrected chi connectivity index (χ2v) is 12.1. The van der Waals surface area contributed by atoms with Crippen LogP contribution < -0.4 is 5.32 Å². The van der Waals surface area contributed by atoms with Crippen LogP contribution in [0.15, 0.2) is 48.7 Å². The maximum absolute atomic E-state index is 14.5. The van der Waals surface area contributed by atoms with Crippen LogP contribution in [-0.2, 0) is 0 Å². The van der Waals surface area contributed by atoms with Gasteiger partial charge in [0.2, 0.25) is 0 Å². The number of piperidine rings is 1. The third kappa shape index (κ3) is 4.87. The van der Waals surface area contributed by atoms with E-state index in [2.05, 4.69) is 17.2 Å². The Balaban J connectivity index is 1.27. The van der Waals surface area contributed by atoms with Crippen molar-refractivity contribution in [2.24, 2.45) is 17.8 Å². The summed E-state index contributed by atoms with van der Waals surface area (Å²) in [5.74, 6) is 1.73. The van der Waals surface area contributed by atoms with E-state index in [0.717, 1.165) is 43.5 Å². The smallest absolute Gasteiger partial charge is 0.253 e. The van der Waals surface area contributed by atoms with Crippen molar-refractivity contribution in [2.75, 3.05) is 18.4 Å².